The second kappa shape index (κ2) is 5.31. The van der Waals surface area contributed by atoms with Crippen molar-refractivity contribution in [1.29, 1.82) is 0 Å². The monoisotopic (exact) mass is 299 g/mol. The number of hydrogen-bond acceptors (Lipinski definition) is 5. The quantitative estimate of drug-likeness (QED) is 0.911. The average molecular weight is 299 g/mol. The van der Waals surface area contributed by atoms with Crippen LogP contribution in [0.5, 0.6) is 0 Å². The van der Waals surface area contributed by atoms with Crippen molar-refractivity contribution in [3.63, 3.8) is 0 Å². The van der Waals surface area contributed by atoms with Crippen LogP contribution in [-0.4, -0.2) is 49.5 Å². The fourth-order valence-electron chi connectivity index (χ4n) is 2.51. The summed E-state index contributed by atoms with van der Waals surface area (Å²) in [6.07, 6.45) is 2.81. The lowest BCUT2D eigenvalue weighted by Crippen LogP contribution is -2.53. The van der Waals surface area contributed by atoms with Crippen molar-refractivity contribution in [3.05, 3.63) is 18.5 Å². The highest BCUT2D eigenvalue weighted by atomic mass is 32.2. The van der Waals surface area contributed by atoms with E-state index in [0.717, 1.165) is 0 Å². The molecule has 0 aliphatic carbocycles. The zero-order valence-electron chi connectivity index (χ0n) is 12.3. The van der Waals surface area contributed by atoms with Gasteiger partial charge in [0.2, 0.25) is 10.0 Å². The molecule has 1 saturated heterocycles. The number of nitrogens with one attached hydrogen (secondary N) is 1. The van der Waals surface area contributed by atoms with Crippen molar-refractivity contribution in [3.8, 4) is 0 Å². The Bertz CT molecular complexity index is 586. The lowest BCUT2D eigenvalue weighted by molar-refractivity contribution is -0.109. The molecule has 1 aliphatic rings. The first-order chi connectivity index (χ1) is 9.26. The van der Waals surface area contributed by atoms with E-state index in [-0.39, 0.29) is 11.0 Å². The maximum Gasteiger partial charge on any atom is 0.246 e. The van der Waals surface area contributed by atoms with E-state index in [1.807, 2.05) is 20.8 Å². The van der Waals surface area contributed by atoms with E-state index in [9.17, 15) is 8.42 Å². The Hall–Kier alpha value is -1.18. The van der Waals surface area contributed by atoms with Crippen molar-refractivity contribution < 1.29 is 13.2 Å². The molecule has 6 nitrogen and oxygen atoms in total. The molecule has 0 bridgehead atoms. The van der Waals surface area contributed by atoms with Crippen LogP contribution in [0.4, 0.5) is 5.69 Å². The summed E-state index contributed by atoms with van der Waals surface area (Å²) in [6.45, 7) is 6.36. The fourth-order valence-corrected chi connectivity index (χ4v) is 4.32. The van der Waals surface area contributed by atoms with Crippen LogP contribution in [0.25, 0.3) is 0 Å². The summed E-state index contributed by atoms with van der Waals surface area (Å²) in [7, 11) is -1.89. The van der Waals surface area contributed by atoms with Gasteiger partial charge in [-0.3, -0.25) is 4.98 Å². The minimum Gasteiger partial charge on any atom is -0.387 e. The number of hydrogen-bond donors (Lipinski definition) is 1. The van der Waals surface area contributed by atoms with Crippen LogP contribution in [0.3, 0.4) is 0 Å². The second-order valence-corrected chi connectivity index (χ2v) is 7.51. The zero-order chi connectivity index (χ0) is 15.0. The summed E-state index contributed by atoms with van der Waals surface area (Å²) < 4.78 is 32.8. The standard InChI is InChI=1S/C13H21N3O3S/c1-10-8-16(9-13(2,3)19-10)20(17,18)12-7-15-6-5-11(12)14-4/h5-7,10H,8-9H2,1-4H3,(H,14,15). The van der Waals surface area contributed by atoms with Crippen LogP contribution < -0.4 is 5.32 Å². The largest absolute Gasteiger partial charge is 0.387 e. The van der Waals surface area contributed by atoms with E-state index in [4.69, 9.17) is 4.74 Å². The van der Waals surface area contributed by atoms with Gasteiger partial charge in [-0.25, -0.2) is 8.42 Å². The predicted octanol–water partition coefficient (Wildman–Crippen LogP) is 1.31. The third-order valence-corrected chi connectivity index (χ3v) is 5.05. The minimum atomic E-state index is -3.58. The van der Waals surface area contributed by atoms with E-state index in [1.54, 1.807) is 19.3 Å². The molecule has 112 valence electrons. The van der Waals surface area contributed by atoms with Gasteiger partial charge in [0, 0.05) is 32.5 Å². The van der Waals surface area contributed by atoms with Crippen LogP contribution in [0, 0.1) is 0 Å². The maximum absolute atomic E-state index is 12.8. The topological polar surface area (TPSA) is 71.5 Å². The molecule has 0 amide bonds. The van der Waals surface area contributed by atoms with Gasteiger partial charge in [0.25, 0.3) is 0 Å². The normalized spacial score (nSPS) is 23.5. The first-order valence-electron chi connectivity index (χ1n) is 6.56. The predicted molar refractivity (Wildman–Crippen MR) is 77.2 cm³/mol. The number of rotatable bonds is 3. The fraction of sp³-hybridized carbons (Fsp3) is 0.615. The van der Waals surface area contributed by atoms with Gasteiger partial charge in [0.1, 0.15) is 4.90 Å². The van der Waals surface area contributed by atoms with E-state index in [0.29, 0.717) is 18.8 Å². The Balaban J connectivity index is 2.39. The second-order valence-electron chi connectivity index (χ2n) is 5.61. The lowest BCUT2D eigenvalue weighted by atomic mass is 10.1. The van der Waals surface area contributed by atoms with E-state index >= 15 is 0 Å². The van der Waals surface area contributed by atoms with Gasteiger partial charge in [-0.05, 0) is 26.8 Å². The van der Waals surface area contributed by atoms with E-state index in [2.05, 4.69) is 10.3 Å². The van der Waals surface area contributed by atoms with Crippen LogP contribution >= 0.6 is 0 Å². The zero-order valence-corrected chi connectivity index (χ0v) is 13.1. The number of morpholine rings is 1. The summed E-state index contributed by atoms with van der Waals surface area (Å²) in [5.41, 5.74) is 0.0594. The third-order valence-electron chi connectivity index (χ3n) is 3.21. The molecule has 1 fully saturated rings. The van der Waals surface area contributed by atoms with E-state index < -0.39 is 15.6 Å². The summed E-state index contributed by atoms with van der Waals surface area (Å²) in [5.74, 6) is 0. The molecule has 2 heterocycles. The van der Waals surface area contributed by atoms with Crippen molar-refractivity contribution in [1.82, 2.24) is 9.29 Å². The van der Waals surface area contributed by atoms with Crippen LogP contribution in [0.2, 0.25) is 0 Å². The van der Waals surface area contributed by atoms with Crippen molar-refractivity contribution in [2.45, 2.75) is 37.4 Å². The molecule has 2 rings (SSSR count). The van der Waals surface area contributed by atoms with Gasteiger partial charge in [0.15, 0.2) is 0 Å². The molecule has 1 aliphatic heterocycles. The Morgan fingerprint density at radius 3 is 2.80 bits per heavy atom. The van der Waals surface area contributed by atoms with E-state index in [1.165, 1.54) is 10.5 Å². The molecule has 20 heavy (non-hydrogen) atoms. The SMILES string of the molecule is CNc1ccncc1S(=O)(=O)N1CC(C)OC(C)(C)C1. The molecule has 1 N–H and O–H groups in total. The smallest absolute Gasteiger partial charge is 0.246 e. The van der Waals surface area contributed by atoms with Gasteiger partial charge < -0.3 is 10.1 Å². The summed E-state index contributed by atoms with van der Waals surface area (Å²) in [5, 5.41) is 2.90. The Morgan fingerprint density at radius 1 is 1.50 bits per heavy atom. The van der Waals surface area contributed by atoms with Gasteiger partial charge in [0.05, 0.1) is 17.4 Å². The highest BCUT2D eigenvalue weighted by Gasteiger charge is 2.38. The van der Waals surface area contributed by atoms with Crippen LogP contribution in [0.1, 0.15) is 20.8 Å². The molecule has 1 aromatic rings. The molecule has 0 radical (unpaired) electrons. The summed E-state index contributed by atoms with van der Waals surface area (Å²) in [6, 6.07) is 1.65. The molecule has 0 saturated carbocycles. The Morgan fingerprint density at radius 2 is 2.20 bits per heavy atom. The average Bonchev–Trinajstić information content (AvgIpc) is 2.36. The van der Waals surface area contributed by atoms with Gasteiger partial charge in [-0.1, -0.05) is 0 Å². The molecule has 1 aromatic heterocycles. The number of nitrogens with zero attached hydrogens (tertiary/aromatic N) is 2. The van der Waals surface area contributed by atoms with Crippen molar-refractivity contribution >= 4 is 15.7 Å². The number of sulfonamides is 1. The molecular formula is C13H21N3O3S. The highest BCUT2D eigenvalue weighted by Crippen LogP contribution is 2.29. The Kier molecular flexibility index (Phi) is 4.04. The number of ether oxygens (including phenoxy) is 1. The molecule has 0 aromatic carbocycles. The third kappa shape index (κ3) is 2.94. The van der Waals surface area contributed by atoms with Crippen LogP contribution in [-0.2, 0) is 14.8 Å². The van der Waals surface area contributed by atoms with Gasteiger partial charge in [-0.2, -0.15) is 4.31 Å². The minimum absolute atomic E-state index is 0.136. The molecule has 7 heteroatoms. The highest BCUT2D eigenvalue weighted by molar-refractivity contribution is 7.89. The van der Waals surface area contributed by atoms with Gasteiger partial charge in [-0.15, -0.1) is 0 Å². The number of anilines is 1. The van der Waals surface area contributed by atoms with Crippen LogP contribution in [0.15, 0.2) is 23.4 Å². The lowest BCUT2D eigenvalue weighted by Gasteiger charge is -2.40. The number of pyridine rings is 1. The first kappa shape index (κ1) is 15.2. The molecule has 0 spiro atoms. The molecular weight excluding hydrogens is 278 g/mol. The first-order valence-corrected chi connectivity index (χ1v) is 8.00. The maximum atomic E-state index is 12.8. The molecule has 1 unspecified atom stereocenters. The summed E-state index contributed by atoms with van der Waals surface area (Å²) >= 11 is 0. The van der Waals surface area contributed by atoms with Crippen molar-refractivity contribution in [2.24, 2.45) is 0 Å². The molecule has 1 atom stereocenters. The summed E-state index contributed by atoms with van der Waals surface area (Å²) in [4.78, 5) is 4.13. The number of aromatic nitrogens is 1. The van der Waals surface area contributed by atoms with Gasteiger partial charge >= 0.3 is 0 Å². The van der Waals surface area contributed by atoms with Crippen molar-refractivity contribution in [2.75, 3.05) is 25.5 Å². The Labute approximate surface area is 120 Å².